The fraction of sp³-hybridized carbons (Fsp3) is 1.00. The van der Waals surface area contributed by atoms with Gasteiger partial charge in [0.1, 0.15) is 0 Å². The Labute approximate surface area is 110 Å². The highest BCUT2D eigenvalue weighted by molar-refractivity contribution is 4.96. The third-order valence-corrected chi connectivity index (χ3v) is 3.18. The summed E-state index contributed by atoms with van der Waals surface area (Å²) in [6.45, 7) is 5.85. The first kappa shape index (κ1) is 15.9. The van der Waals surface area contributed by atoms with Crippen LogP contribution in [0.4, 0.5) is 0 Å². The standard InChI is InChI=1S/C13H27NO4/c1-4-14-11-10-12(13(11)16-3)18-7-5-6-17-9-8-15-2/h11-14H,4-10H2,1-3H3. The summed E-state index contributed by atoms with van der Waals surface area (Å²) >= 11 is 0. The van der Waals surface area contributed by atoms with Crippen molar-refractivity contribution in [3.05, 3.63) is 0 Å². The minimum atomic E-state index is 0.194. The number of methoxy groups -OCH3 is 2. The number of ether oxygens (including phenoxy) is 4. The Morgan fingerprint density at radius 1 is 1.11 bits per heavy atom. The van der Waals surface area contributed by atoms with Crippen LogP contribution >= 0.6 is 0 Å². The Morgan fingerprint density at radius 3 is 2.61 bits per heavy atom. The molecule has 0 spiro atoms. The minimum absolute atomic E-state index is 0.194. The highest BCUT2D eigenvalue weighted by atomic mass is 16.5. The summed E-state index contributed by atoms with van der Waals surface area (Å²) in [4.78, 5) is 0. The second kappa shape index (κ2) is 9.69. The van der Waals surface area contributed by atoms with Gasteiger partial charge in [0.25, 0.3) is 0 Å². The van der Waals surface area contributed by atoms with Gasteiger partial charge in [0.15, 0.2) is 0 Å². The predicted octanol–water partition coefficient (Wildman–Crippen LogP) is 0.822. The van der Waals surface area contributed by atoms with Crippen molar-refractivity contribution >= 4 is 0 Å². The summed E-state index contributed by atoms with van der Waals surface area (Å²) in [5.41, 5.74) is 0. The Bertz CT molecular complexity index is 203. The van der Waals surface area contributed by atoms with Crippen LogP contribution in [-0.4, -0.2) is 65.4 Å². The van der Waals surface area contributed by atoms with Crippen LogP contribution < -0.4 is 5.32 Å². The largest absolute Gasteiger partial charge is 0.382 e. The van der Waals surface area contributed by atoms with Crippen LogP contribution in [0.1, 0.15) is 19.8 Å². The second-order valence-electron chi connectivity index (χ2n) is 4.47. The number of nitrogens with one attached hydrogen (secondary N) is 1. The van der Waals surface area contributed by atoms with Gasteiger partial charge in [0.05, 0.1) is 25.4 Å². The normalized spacial score (nSPS) is 27.2. The van der Waals surface area contributed by atoms with E-state index in [0.717, 1.165) is 32.6 Å². The number of hydrogen-bond acceptors (Lipinski definition) is 5. The lowest BCUT2D eigenvalue weighted by Gasteiger charge is -2.43. The zero-order valence-electron chi connectivity index (χ0n) is 11.8. The van der Waals surface area contributed by atoms with Crippen molar-refractivity contribution in [3.63, 3.8) is 0 Å². The number of hydrogen-bond donors (Lipinski definition) is 1. The van der Waals surface area contributed by atoms with E-state index in [2.05, 4.69) is 12.2 Å². The fourth-order valence-electron chi connectivity index (χ4n) is 2.16. The molecule has 108 valence electrons. The van der Waals surface area contributed by atoms with Crippen LogP contribution in [0.2, 0.25) is 0 Å². The highest BCUT2D eigenvalue weighted by Gasteiger charge is 2.41. The quantitative estimate of drug-likeness (QED) is 0.558. The highest BCUT2D eigenvalue weighted by Crippen LogP contribution is 2.26. The maximum Gasteiger partial charge on any atom is 0.0986 e. The molecule has 0 aromatic carbocycles. The van der Waals surface area contributed by atoms with E-state index >= 15 is 0 Å². The molecule has 0 amide bonds. The third-order valence-electron chi connectivity index (χ3n) is 3.18. The molecule has 0 bridgehead atoms. The molecule has 5 heteroatoms. The van der Waals surface area contributed by atoms with Crippen molar-refractivity contribution in [1.29, 1.82) is 0 Å². The van der Waals surface area contributed by atoms with Gasteiger partial charge >= 0.3 is 0 Å². The molecule has 3 atom stereocenters. The molecular formula is C13H27NO4. The lowest BCUT2D eigenvalue weighted by molar-refractivity contribution is -0.135. The van der Waals surface area contributed by atoms with E-state index < -0.39 is 0 Å². The van der Waals surface area contributed by atoms with E-state index in [9.17, 15) is 0 Å². The van der Waals surface area contributed by atoms with E-state index in [1.807, 2.05) is 0 Å². The summed E-state index contributed by atoms with van der Waals surface area (Å²) in [5, 5.41) is 3.39. The molecule has 1 aliphatic carbocycles. The van der Waals surface area contributed by atoms with Gasteiger partial charge in [-0.1, -0.05) is 6.92 Å². The van der Waals surface area contributed by atoms with Crippen LogP contribution in [0.5, 0.6) is 0 Å². The predicted molar refractivity (Wildman–Crippen MR) is 69.9 cm³/mol. The smallest absolute Gasteiger partial charge is 0.0986 e. The Kier molecular flexibility index (Phi) is 8.54. The summed E-state index contributed by atoms with van der Waals surface area (Å²) in [7, 11) is 3.42. The molecule has 1 aliphatic rings. The van der Waals surface area contributed by atoms with Crippen molar-refractivity contribution in [1.82, 2.24) is 5.32 Å². The maximum absolute atomic E-state index is 5.79. The van der Waals surface area contributed by atoms with Gasteiger partial charge in [-0.05, 0) is 19.4 Å². The third kappa shape index (κ3) is 5.20. The zero-order valence-corrected chi connectivity index (χ0v) is 11.8. The lowest BCUT2D eigenvalue weighted by atomic mass is 9.85. The average molecular weight is 261 g/mol. The molecule has 0 heterocycles. The van der Waals surface area contributed by atoms with Crippen molar-refractivity contribution in [2.75, 3.05) is 47.2 Å². The van der Waals surface area contributed by atoms with Gasteiger partial charge in [-0.3, -0.25) is 0 Å². The van der Waals surface area contributed by atoms with E-state index in [1.54, 1.807) is 14.2 Å². The molecule has 1 N–H and O–H groups in total. The molecule has 3 unspecified atom stereocenters. The van der Waals surface area contributed by atoms with Crippen molar-refractivity contribution in [3.8, 4) is 0 Å². The fourth-order valence-corrected chi connectivity index (χ4v) is 2.16. The van der Waals surface area contributed by atoms with Gasteiger partial charge in [0.2, 0.25) is 0 Å². The van der Waals surface area contributed by atoms with Crippen molar-refractivity contribution < 1.29 is 18.9 Å². The van der Waals surface area contributed by atoms with Gasteiger partial charge in [0, 0.05) is 33.5 Å². The maximum atomic E-state index is 5.79. The minimum Gasteiger partial charge on any atom is -0.382 e. The number of rotatable bonds is 11. The van der Waals surface area contributed by atoms with Gasteiger partial charge in [-0.2, -0.15) is 0 Å². The molecule has 0 aliphatic heterocycles. The van der Waals surface area contributed by atoms with Crippen LogP contribution in [0, 0.1) is 0 Å². The molecule has 0 aromatic heterocycles. The van der Waals surface area contributed by atoms with E-state index in [-0.39, 0.29) is 12.2 Å². The second-order valence-corrected chi connectivity index (χ2v) is 4.47. The molecule has 0 aromatic rings. The van der Waals surface area contributed by atoms with Crippen molar-refractivity contribution in [2.24, 2.45) is 0 Å². The molecule has 1 rings (SSSR count). The molecule has 0 radical (unpaired) electrons. The van der Waals surface area contributed by atoms with Crippen LogP contribution in [0.15, 0.2) is 0 Å². The van der Waals surface area contributed by atoms with E-state index in [0.29, 0.717) is 19.3 Å². The van der Waals surface area contributed by atoms with Gasteiger partial charge in [-0.15, -0.1) is 0 Å². The monoisotopic (exact) mass is 261 g/mol. The zero-order chi connectivity index (χ0) is 13.2. The molecule has 18 heavy (non-hydrogen) atoms. The first-order valence-corrected chi connectivity index (χ1v) is 6.78. The van der Waals surface area contributed by atoms with Crippen LogP contribution in [0.25, 0.3) is 0 Å². The molecule has 5 nitrogen and oxygen atoms in total. The van der Waals surface area contributed by atoms with Gasteiger partial charge in [-0.25, -0.2) is 0 Å². The molecule has 1 saturated carbocycles. The van der Waals surface area contributed by atoms with Gasteiger partial charge < -0.3 is 24.3 Å². The SMILES string of the molecule is CCNC1CC(OCCCOCCOC)C1OC. The molecule has 0 saturated heterocycles. The topological polar surface area (TPSA) is 49.0 Å². The van der Waals surface area contributed by atoms with Crippen LogP contribution in [0.3, 0.4) is 0 Å². The Hall–Kier alpha value is -0.200. The summed E-state index contributed by atoms with van der Waals surface area (Å²) < 4.78 is 21.5. The lowest BCUT2D eigenvalue weighted by Crippen LogP contribution is -2.59. The number of likely N-dealkylation sites (N-methyl/N-ethyl adjacent to an activating group) is 1. The summed E-state index contributed by atoms with van der Waals surface area (Å²) in [5.74, 6) is 0. The first-order valence-electron chi connectivity index (χ1n) is 6.78. The summed E-state index contributed by atoms with van der Waals surface area (Å²) in [6, 6.07) is 0.447. The van der Waals surface area contributed by atoms with E-state index in [1.165, 1.54) is 0 Å². The molecule has 1 fully saturated rings. The Balaban J connectivity index is 1.96. The van der Waals surface area contributed by atoms with E-state index in [4.69, 9.17) is 18.9 Å². The first-order chi connectivity index (χ1) is 8.83. The summed E-state index contributed by atoms with van der Waals surface area (Å²) in [6.07, 6.45) is 2.39. The molecular weight excluding hydrogens is 234 g/mol. The van der Waals surface area contributed by atoms with Crippen molar-refractivity contribution in [2.45, 2.75) is 38.0 Å². The van der Waals surface area contributed by atoms with Crippen LogP contribution in [-0.2, 0) is 18.9 Å². The average Bonchev–Trinajstić information content (AvgIpc) is 2.35. The Morgan fingerprint density at radius 2 is 1.94 bits per heavy atom.